The van der Waals surface area contributed by atoms with Crippen molar-refractivity contribution in [2.45, 2.75) is 43.7 Å². The molecule has 4 aromatic rings. The topological polar surface area (TPSA) is 86.8 Å². The van der Waals surface area contributed by atoms with Crippen LogP contribution in [0.25, 0.3) is 0 Å². The average molecular weight is 636 g/mol. The maximum Gasteiger partial charge on any atom is 0.264 e. The minimum absolute atomic E-state index is 0.0125. The number of hydrogen-bond donors (Lipinski definition) is 1. The van der Waals surface area contributed by atoms with E-state index < -0.39 is 40.2 Å². The summed E-state index contributed by atoms with van der Waals surface area (Å²) >= 11 is 6.09. The van der Waals surface area contributed by atoms with Gasteiger partial charge in [-0.1, -0.05) is 91.7 Å². The van der Waals surface area contributed by atoms with Gasteiger partial charge in [0.05, 0.1) is 10.6 Å². The fraction of sp³-hybridized carbons (Fsp3) is 0.235. The third-order valence-electron chi connectivity index (χ3n) is 7.12. The molecule has 0 spiro atoms. The standard InChI is InChI=1S/C34H35ClFN3O4S/c1-2-3-22-37-34(41)32(23-26-12-6-4-7-13-26)38(24-27-14-10-11-17-31(27)36)33(40)25-39(29-20-18-28(35)19-21-29)44(42,43)30-15-8-5-9-16-30/h4-21,32H,2-3,22-25H2,1H3,(H,37,41)/t32-/m0/s1. The van der Waals surface area contributed by atoms with Crippen molar-refractivity contribution >= 4 is 39.1 Å². The molecule has 0 fully saturated rings. The Kier molecular flexibility index (Phi) is 11.5. The molecule has 0 aliphatic heterocycles. The number of benzene rings is 4. The molecule has 1 N–H and O–H groups in total. The summed E-state index contributed by atoms with van der Waals surface area (Å²) in [5.74, 6) is -1.62. The zero-order chi connectivity index (χ0) is 31.5. The maximum atomic E-state index is 15.0. The van der Waals surface area contributed by atoms with Crippen LogP contribution in [-0.4, -0.2) is 44.3 Å². The van der Waals surface area contributed by atoms with Gasteiger partial charge in [-0.25, -0.2) is 12.8 Å². The van der Waals surface area contributed by atoms with Crippen LogP contribution in [0.5, 0.6) is 0 Å². The highest BCUT2D eigenvalue weighted by molar-refractivity contribution is 7.92. The van der Waals surface area contributed by atoms with E-state index in [0.29, 0.717) is 11.6 Å². The van der Waals surface area contributed by atoms with Gasteiger partial charge in [-0.2, -0.15) is 0 Å². The molecular formula is C34H35ClFN3O4S. The van der Waals surface area contributed by atoms with Crippen LogP contribution in [0.15, 0.2) is 114 Å². The van der Waals surface area contributed by atoms with Gasteiger partial charge >= 0.3 is 0 Å². The lowest BCUT2D eigenvalue weighted by Gasteiger charge is -2.34. The molecular weight excluding hydrogens is 601 g/mol. The van der Waals surface area contributed by atoms with Crippen molar-refractivity contribution in [1.29, 1.82) is 0 Å². The number of sulfonamides is 1. The zero-order valence-electron chi connectivity index (χ0n) is 24.4. The second-order valence-electron chi connectivity index (χ2n) is 10.3. The number of rotatable bonds is 14. The number of halogens is 2. The molecule has 1 atom stereocenters. The van der Waals surface area contributed by atoms with Crippen molar-refractivity contribution in [3.63, 3.8) is 0 Å². The highest BCUT2D eigenvalue weighted by Crippen LogP contribution is 2.26. The Balaban J connectivity index is 1.78. The van der Waals surface area contributed by atoms with Crippen LogP contribution in [0.1, 0.15) is 30.9 Å². The lowest BCUT2D eigenvalue weighted by Crippen LogP contribution is -2.53. The maximum absolute atomic E-state index is 15.0. The molecule has 0 heterocycles. The third kappa shape index (κ3) is 8.45. The van der Waals surface area contributed by atoms with E-state index in [1.807, 2.05) is 37.3 Å². The summed E-state index contributed by atoms with van der Waals surface area (Å²) in [6, 6.07) is 28.0. The van der Waals surface area contributed by atoms with Crippen molar-refractivity contribution in [3.05, 3.63) is 131 Å². The smallest absolute Gasteiger partial charge is 0.264 e. The van der Waals surface area contributed by atoms with E-state index in [9.17, 15) is 22.4 Å². The molecule has 44 heavy (non-hydrogen) atoms. The second kappa shape index (κ2) is 15.5. The van der Waals surface area contributed by atoms with Gasteiger partial charge in [0.2, 0.25) is 11.8 Å². The van der Waals surface area contributed by atoms with Crippen LogP contribution in [0.2, 0.25) is 5.02 Å². The highest BCUT2D eigenvalue weighted by atomic mass is 35.5. The number of amides is 2. The van der Waals surface area contributed by atoms with E-state index in [-0.39, 0.29) is 29.1 Å². The summed E-state index contributed by atoms with van der Waals surface area (Å²) in [5.41, 5.74) is 1.20. The lowest BCUT2D eigenvalue weighted by atomic mass is 10.0. The number of anilines is 1. The van der Waals surface area contributed by atoms with E-state index in [1.165, 1.54) is 47.4 Å². The minimum atomic E-state index is -4.23. The molecule has 0 saturated heterocycles. The molecule has 0 saturated carbocycles. The van der Waals surface area contributed by atoms with Gasteiger partial charge in [0.25, 0.3) is 10.0 Å². The Bertz CT molecular complexity index is 1640. The molecule has 4 rings (SSSR count). The predicted octanol–water partition coefficient (Wildman–Crippen LogP) is 6.23. The largest absolute Gasteiger partial charge is 0.354 e. The average Bonchev–Trinajstić information content (AvgIpc) is 3.03. The van der Waals surface area contributed by atoms with Crippen LogP contribution in [0.4, 0.5) is 10.1 Å². The van der Waals surface area contributed by atoms with Crippen molar-refractivity contribution in [2.75, 3.05) is 17.4 Å². The van der Waals surface area contributed by atoms with Gasteiger partial charge in [-0.05, 0) is 54.4 Å². The number of nitrogens with one attached hydrogen (secondary N) is 1. The number of carbonyl (C=O) groups excluding carboxylic acids is 2. The van der Waals surface area contributed by atoms with Crippen molar-refractivity contribution < 1.29 is 22.4 Å². The second-order valence-corrected chi connectivity index (χ2v) is 12.6. The van der Waals surface area contributed by atoms with Gasteiger partial charge in [-0.3, -0.25) is 13.9 Å². The quantitative estimate of drug-likeness (QED) is 0.166. The fourth-order valence-corrected chi connectivity index (χ4v) is 6.29. The van der Waals surface area contributed by atoms with E-state index >= 15 is 0 Å². The molecule has 0 radical (unpaired) electrons. The Hall–Kier alpha value is -4.21. The van der Waals surface area contributed by atoms with Gasteiger partial charge < -0.3 is 10.2 Å². The summed E-state index contributed by atoms with van der Waals surface area (Å²) in [4.78, 5) is 29.3. The van der Waals surface area contributed by atoms with Crippen LogP contribution in [-0.2, 0) is 32.6 Å². The normalized spacial score (nSPS) is 11.9. The lowest BCUT2D eigenvalue weighted by molar-refractivity contribution is -0.140. The monoisotopic (exact) mass is 635 g/mol. The fourth-order valence-electron chi connectivity index (χ4n) is 4.73. The highest BCUT2D eigenvalue weighted by Gasteiger charge is 2.34. The van der Waals surface area contributed by atoms with E-state index in [1.54, 1.807) is 36.4 Å². The minimum Gasteiger partial charge on any atom is -0.354 e. The van der Waals surface area contributed by atoms with Gasteiger partial charge in [0.15, 0.2) is 0 Å². The molecule has 7 nitrogen and oxygen atoms in total. The molecule has 230 valence electrons. The first-order chi connectivity index (χ1) is 21.2. The Labute approximate surface area is 263 Å². The first kappa shape index (κ1) is 32.7. The molecule has 0 bridgehead atoms. The van der Waals surface area contributed by atoms with E-state index in [2.05, 4.69) is 5.32 Å². The zero-order valence-corrected chi connectivity index (χ0v) is 26.0. The van der Waals surface area contributed by atoms with Crippen LogP contribution in [0, 0.1) is 5.82 Å². The summed E-state index contributed by atoms with van der Waals surface area (Å²) in [5, 5.41) is 3.31. The third-order valence-corrected chi connectivity index (χ3v) is 9.16. The first-order valence-electron chi connectivity index (χ1n) is 14.4. The SMILES string of the molecule is CCCCNC(=O)[C@H](Cc1ccccc1)N(Cc1ccccc1F)C(=O)CN(c1ccc(Cl)cc1)S(=O)(=O)c1ccccc1. The summed E-state index contributed by atoms with van der Waals surface area (Å²) in [6.07, 6.45) is 1.74. The molecule has 0 aromatic heterocycles. The summed E-state index contributed by atoms with van der Waals surface area (Å²) < 4.78 is 43.8. The molecule has 10 heteroatoms. The molecule has 0 aliphatic rings. The van der Waals surface area contributed by atoms with Crippen LogP contribution < -0.4 is 9.62 Å². The van der Waals surface area contributed by atoms with E-state index in [4.69, 9.17) is 11.6 Å². The first-order valence-corrected chi connectivity index (χ1v) is 16.2. The van der Waals surface area contributed by atoms with Crippen LogP contribution >= 0.6 is 11.6 Å². The summed E-state index contributed by atoms with van der Waals surface area (Å²) in [7, 11) is -4.23. The van der Waals surface area contributed by atoms with Gasteiger partial charge in [0, 0.05) is 30.1 Å². The van der Waals surface area contributed by atoms with Crippen molar-refractivity contribution in [1.82, 2.24) is 10.2 Å². The Morgan fingerprint density at radius 3 is 2.11 bits per heavy atom. The van der Waals surface area contributed by atoms with Gasteiger partial charge in [-0.15, -0.1) is 0 Å². The molecule has 2 amide bonds. The number of hydrogen-bond acceptors (Lipinski definition) is 4. The predicted molar refractivity (Wildman–Crippen MR) is 171 cm³/mol. The van der Waals surface area contributed by atoms with Crippen molar-refractivity contribution in [2.24, 2.45) is 0 Å². The number of nitrogens with zero attached hydrogens (tertiary/aromatic N) is 2. The van der Waals surface area contributed by atoms with E-state index in [0.717, 1.165) is 22.7 Å². The van der Waals surface area contributed by atoms with Crippen LogP contribution in [0.3, 0.4) is 0 Å². The molecule has 0 unspecified atom stereocenters. The number of unbranched alkanes of at least 4 members (excludes halogenated alkanes) is 1. The Morgan fingerprint density at radius 2 is 1.48 bits per heavy atom. The summed E-state index contributed by atoms with van der Waals surface area (Å²) in [6.45, 7) is 1.52. The van der Waals surface area contributed by atoms with Gasteiger partial charge in [0.1, 0.15) is 18.4 Å². The number of carbonyl (C=O) groups is 2. The van der Waals surface area contributed by atoms with Crippen molar-refractivity contribution in [3.8, 4) is 0 Å². The Morgan fingerprint density at radius 1 is 0.864 bits per heavy atom. The molecule has 4 aromatic carbocycles. The molecule has 0 aliphatic carbocycles.